The lowest BCUT2D eigenvalue weighted by atomic mass is 10.2. The van der Waals surface area contributed by atoms with Crippen LogP contribution >= 0.6 is 24.0 Å². The number of nitrogens with zero attached hydrogens (tertiary/aromatic N) is 1. The maximum Gasteiger partial charge on any atom is 0.305 e. The Morgan fingerprint density at radius 1 is 1.48 bits per heavy atom. The number of carboxylic acids is 1. The highest BCUT2D eigenvalue weighted by atomic mass is 32.2. The van der Waals surface area contributed by atoms with Crippen LogP contribution in [-0.4, -0.2) is 44.5 Å². The molecule has 2 N–H and O–H groups in total. The molecule has 0 aliphatic carbocycles. The van der Waals surface area contributed by atoms with Crippen molar-refractivity contribution in [3.05, 3.63) is 28.7 Å². The number of amides is 1. The quantitative estimate of drug-likeness (QED) is 0.600. The van der Waals surface area contributed by atoms with Crippen molar-refractivity contribution < 1.29 is 24.5 Å². The van der Waals surface area contributed by atoms with E-state index >= 15 is 0 Å². The fourth-order valence-corrected chi connectivity index (χ4v) is 3.25. The van der Waals surface area contributed by atoms with E-state index in [2.05, 4.69) is 0 Å². The molecule has 0 bridgehead atoms. The highest BCUT2D eigenvalue weighted by molar-refractivity contribution is 8.26. The van der Waals surface area contributed by atoms with E-state index < -0.39 is 5.97 Å². The fraction of sp³-hybridized carbons (Fsp3) is 0.267. The number of phenols is 1. The molecule has 0 spiro atoms. The van der Waals surface area contributed by atoms with Gasteiger partial charge in [-0.05, 0) is 30.7 Å². The summed E-state index contributed by atoms with van der Waals surface area (Å²) in [6.45, 7) is 2.27. The first kappa shape index (κ1) is 17.3. The summed E-state index contributed by atoms with van der Waals surface area (Å²) in [6.07, 6.45) is 1.48. The molecular weight excluding hydrogens is 338 g/mol. The van der Waals surface area contributed by atoms with Crippen LogP contribution in [-0.2, 0) is 9.59 Å². The zero-order valence-corrected chi connectivity index (χ0v) is 13.9. The Morgan fingerprint density at radius 2 is 2.22 bits per heavy atom. The molecule has 23 heavy (non-hydrogen) atoms. The topological polar surface area (TPSA) is 87.1 Å². The summed E-state index contributed by atoms with van der Waals surface area (Å²) < 4.78 is 5.64. The van der Waals surface area contributed by atoms with Crippen LogP contribution in [0.2, 0.25) is 0 Å². The Balaban J connectivity index is 2.20. The number of thiocarbonyl (C=S) groups is 1. The van der Waals surface area contributed by atoms with Crippen molar-refractivity contribution in [3.63, 3.8) is 0 Å². The molecule has 122 valence electrons. The van der Waals surface area contributed by atoms with Crippen molar-refractivity contribution in [2.75, 3.05) is 13.2 Å². The third kappa shape index (κ3) is 4.23. The maximum atomic E-state index is 12.3. The van der Waals surface area contributed by atoms with E-state index in [9.17, 15) is 14.7 Å². The summed E-state index contributed by atoms with van der Waals surface area (Å²) in [7, 11) is 0. The van der Waals surface area contributed by atoms with Gasteiger partial charge in [-0.2, -0.15) is 0 Å². The molecule has 0 atom stereocenters. The van der Waals surface area contributed by atoms with Crippen molar-refractivity contribution in [1.29, 1.82) is 0 Å². The second kappa shape index (κ2) is 7.47. The molecule has 1 aromatic rings. The highest BCUT2D eigenvalue weighted by Crippen LogP contribution is 2.34. The molecular formula is C15H15NO5S2. The average Bonchev–Trinajstić information content (AvgIpc) is 2.75. The molecule has 6 nitrogen and oxygen atoms in total. The number of ether oxygens (including phenoxy) is 1. The molecule has 1 heterocycles. The van der Waals surface area contributed by atoms with Gasteiger partial charge in [0.1, 0.15) is 4.32 Å². The predicted molar refractivity (Wildman–Crippen MR) is 91.4 cm³/mol. The van der Waals surface area contributed by atoms with E-state index in [1.54, 1.807) is 25.1 Å². The zero-order valence-electron chi connectivity index (χ0n) is 12.3. The Bertz CT molecular complexity index is 686. The van der Waals surface area contributed by atoms with E-state index in [1.165, 1.54) is 11.0 Å². The Labute approximate surface area is 142 Å². The summed E-state index contributed by atoms with van der Waals surface area (Å²) in [5, 5.41) is 18.4. The lowest BCUT2D eigenvalue weighted by Gasteiger charge is -2.12. The Morgan fingerprint density at radius 3 is 2.87 bits per heavy atom. The molecule has 0 unspecified atom stereocenters. The molecule has 0 aromatic heterocycles. The van der Waals surface area contributed by atoms with Gasteiger partial charge in [0.2, 0.25) is 0 Å². The maximum absolute atomic E-state index is 12.3. The van der Waals surface area contributed by atoms with Crippen LogP contribution in [0.4, 0.5) is 0 Å². The number of carboxylic acid groups (broad SMARTS) is 1. The summed E-state index contributed by atoms with van der Waals surface area (Å²) in [5.41, 5.74) is 0.685. The van der Waals surface area contributed by atoms with Crippen molar-refractivity contribution >= 4 is 46.3 Å². The molecule has 8 heteroatoms. The van der Waals surface area contributed by atoms with Gasteiger partial charge in [0.05, 0.1) is 17.9 Å². The molecule has 1 aliphatic rings. The normalized spacial score (nSPS) is 16.2. The second-order valence-corrected chi connectivity index (χ2v) is 6.31. The van der Waals surface area contributed by atoms with Gasteiger partial charge in [-0.3, -0.25) is 14.5 Å². The molecule has 1 aromatic carbocycles. The lowest BCUT2D eigenvalue weighted by molar-refractivity contribution is -0.137. The fourth-order valence-electron chi connectivity index (χ4n) is 1.94. The molecule has 1 aliphatic heterocycles. The number of hydrogen-bond donors (Lipinski definition) is 2. The van der Waals surface area contributed by atoms with Gasteiger partial charge in [-0.1, -0.05) is 30.0 Å². The molecule has 0 saturated carbocycles. The summed E-state index contributed by atoms with van der Waals surface area (Å²) in [5.74, 6) is -0.934. The predicted octanol–water partition coefficient (Wildman–Crippen LogP) is 2.47. The van der Waals surface area contributed by atoms with Crippen LogP contribution < -0.4 is 4.74 Å². The molecule has 1 saturated heterocycles. The molecule has 1 amide bonds. The van der Waals surface area contributed by atoms with Gasteiger partial charge in [-0.25, -0.2) is 0 Å². The van der Waals surface area contributed by atoms with Crippen LogP contribution in [0.1, 0.15) is 18.9 Å². The summed E-state index contributed by atoms with van der Waals surface area (Å²) >= 11 is 6.24. The molecule has 2 rings (SSSR count). The van der Waals surface area contributed by atoms with Crippen LogP contribution in [0.3, 0.4) is 0 Å². The summed E-state index contributed by atoms with van der Waals surface area (Å²) in [4.78, 5) is 24.6. The van der Waals surface area contributed by atoms with Gasteiger partial charge in [-0.15, -0.1) is 0 Å². The van der Waals surface area contributed by atoms with Crippen molar-refractivity contribution in [1.82, 2.24) is 4.90 Å². The Kier molecular flexibility index (Phi) is 5.62. The van der Waals surface area contributed by atoms with Gasteiger partial charge < -0.3 is 14.9 Å². The van der Waals surface area contributed by atoms with Crippen LogP contribution in [0, 0.1) is 0 Å². The minimum atomic E-state index is -0.983. The number of rotatable bonds is 6. The van der Waals surface area contributed by atoms with Crippen molar-refractivity contribution in [2.24, 2.45) is 0 Å². The minimum Gasteiger partial charge on any atom is -0.504 e. The highest BCUT2D eigenvalue weighted by Gasteiger charge is 2.32. The van der Waals surface area contributed by atoms with E-state index in [0.29, 0.717) is 27.1 Å². The second-order valence-electron chi connectivity index (χ2n) is 4.64. The minimum absolute atomic E-state index is 0.0259. The summed E-state index contributed by atoms with van der Waals surface area (Å²) in [6, 6.07) is 4.77. The number of phenolic OH excluding ortho intramolecular Hbond substituents is 1. The number of carbonyl (C=O) groups is 2. The monoisotopic (exact) mass is 353 g/mol. The van der Waals surface area contributed by atoms with E-state index in [0.717, 1.165) is 11.8 Å². The average molecular weight is 353 g/mol. The van der Waals surface area contributed by atoms with E-state index in [1.807, 2.05) is 0 Å². The van der Waals surface area contributed by atoms with E-state index in [4.69, 9.17) is 22.1 Å². The number of carbonyl (C=O) groups excluding carboxylic acids is 1. The first-order valence-electron chi connectivity index (χ1n) is 6.85. The van der Waals surface area contributed by atoms with Crippen LogP contribution in [0.15, 0.2) is 23.1 Å². The standard InChI is InChI=1S/C15H15NO5S2/c1-2-21-11-7-9(3-4-10(11)17)8-12-14(20)16(15(22)23-12)6-5-13(18)19/h3-4,7-8,17H,2,5-6H2,1H3,(H,18,19). The van der Waals surface area contributed by atoms with Gasteiger partial charge in [0.15, 0.2) is 11.5 Å². The number of aromatic hydroxyl groups is 1. The largest absolute Gasteiger partial charge is 0.504 e. The molecule has 0 radical (unpaired) electrons. The third-order valence-corrected chi connectivity index (χ3v) is 4.38. The SMILES string of the molecule is CCOc1cc(C=C2SC(=S)N(CCC(=O)O)C2=O)ccc1O. The third-order valence-electron chi connectivity index (χ3n) is 3.00. The molecule has 1 fully saturated rings. The van der Waals surface area contributed by atoms with E-state index in [-0.39, 0.29) is 24.6 Å². The lowest BCUT2D eigenvalue weighted by Crippen LogP contribution is -2.30. The smallest absolute Gasteiger partial charge is 0.305 e. The van der Waals surface area contributed by atoms with Gasteiger partial charge in [0, 0.05) is 6.54 Å². The van der Waals surface area contributed by atoms with Crippen molar-refractivity contribution in [3.8, 4) is 11.5 Å². The zero-order chi connectivity index (χ0) is 17.0. The van der Waals surface area contributed by atoms with Crippen LogP contribution in [0.25, 0.3) is 6.08 Å². The Hall–Kier alpha value is -2.06. The van der Waals surface area contributed by atoms with Crippen LogP contribution in [0.5, 0.6) is 11.5 Å². The van der Waals surface area contributed by atoms with Gasteiger partial charge >= 0.3 is 5.97 Å². The number of thioether (sulfide) groups is 1. The number of hydrogen-bond acceptors (Lipinski definition) is 6. The van der Waals surface area contributed by atoms with Gasteiger partial charge in [0.25, 0.3) is 5.91 Å². The number of benzene rings is 1. The van der Waals surface area contributed by atoms with Crippen molar-refractivity contribution in [2.45, 2.75) is 13.3 Å². The first-order chi connectivity index (χ1) is 10.9. The number of aliphatic carboxylic acids is 1. The first-order valence-corrected chi connectivity index (χ1v) is 8.07.